The van der Waals surface area contributed by atoms with Crippen molar-refractivity contribution >= 4 is 0 Å². The molecule has 0 aliphatic rings. The van der Waals surface area contributed by atoms with Gasteiger partial charge in [0.05, 0.1) is 6.54 Å². The Bertz CT molecular complexity index is 422. The molecule has 0 saturated carbocycles. The second-order valence-corrected chi connectivity index (χ2v) is 4.75. The van der Waals surface area contributed by atoms with Crippen LogP contribution >= 0.6 is 0 Å². The van der Waals surface area contributed by atoms with Crippen molar-refractivity contribution in [3.63, 3.8) is 0 Å². The summed E-state index contributed by atoms with van der Waals surface area (Å²) < 4.78 is 165. The van der Waals surface area contributed by atoms with Gasteiger partial charge in [0, 0.05) is 0 Å². The van der Waals surface area contributed by atoms with Crippen molar-refractivity contribution in [1.29, 1.82) is 0 Å². The van der Waals surface area contributed by atoms with Crippen LogP contribution in [0.15, 0.2) is 0 Å². The minimum absolute atomic E-state index is 0.0336. The number of nitrogens with zero attached hydrogens (tertiary/aromatic N) is 1. The molecule has 0 saturated heterocycles. The first kappa shape index (κ1) is 23.0. The summed E-state index contributed by atoms with van der Waals surface area (Å²) in [6.45, 7) is -2.45. The van der Waals surface area contributed by atoms with E-state index in [1.54, 1.807) is 4.74 Å². The van der Waals surface area contributed by atoms with Gasteiger partial charge in [-0.2, -0.15) is 52.7 Å². The Labute approximate surface area is 125 Å². The number of alkyl halides is 13. The van der Waals surface area contributed by atoms with Crippen molar-refractivity contribution < 1.29 is 61.8 Å². The molecule has 2 nitrogen and oxygen atoms in total. The van der Waals surface area contributed by atoms with Gasteiger partial charge in [0.15, 0.2) is 0 Å². The molecule has 0 bridgehead atoms. The van der Waals surface area contributed by atoms with Crippen molar-refractivity contribution in [3.8, 4) is 0 Å². The van der Waals surface area contributed by atoms with Crippen LogP contribution in [0.5, 0.6) is 0 Å². The Hall–Kier alpha value is -0.990. The Balaban J connectivity index is 6.19. The smallest absolute Gasteiger partial charge is 0.306 e. The first-order valence-corrected chi connectivity index (χ1v) is 5.43. The summed E-state index contributed by atoms with van der Waals surface area (Å²) in [7, 11) is 1.10. The average Bonchev–Trinajstić information content (AvgIpc) is 2.22. The molecule has 0 aliphatic heterocycles. The summed E-state index contributed by atoms with van der Waals surface area (Å²) in [5.74, 6) is -7.24. The zero-order valence-electron chi connectivity index (χ0n) is 11.5. The largest absolute Gasteiger partial charge is 0.458 e. The van der Waals surface area contributed by atoms with Gasteiger partial charge in [-0.25, -0.2) is 4.39 Å². The van der Waals surface area contributed by atoms with E-state index < -0.39 is 42.7 Å². The van der Waals surface area contributed by atoms with Gasteiger partial charge in [0.2, 0.25) is 0 Å². The van der Waals surface area contributed by atoms with Crippen LogP contribution in [0.4, 0.5) is 57.1 Å². The molecule has 0 amide bonds. The van der Waals surface area contributed by atoms with Gasteiger partial charge in [-0.3, -0.25) is 4.74 Å². The Morgan fingerprint density at radius 3 is 1.17 bits per heavy atom. The molecule has 0 aromatic rings. The van der Waals surface area contributed by atoms with Crippen LogP contribution < -0.4 is 0 Å². The molecule has 146 valence electrons. The lowest BCUT2D eigenvalue weighted by Crippen LogP contribution is -2.67. The van der Waals surface area contributed by atoms with Crippen molar-refractivity contribution in [2.24, 2.45) is 0 Å². The van der Waals surface area contributed by atoms with Crippen LogP contribution in [0.2, 0.25) is 0 Å². The third-order valence-corrected chi connectivity index (χ3v) is 2.44. The van der Waals surface area contributed by atoms with E-state index in [-0.39, 0.29) is 4.90 Å². The third kappa shape index (κ3) is 3.97. The minimum Gasteiger partial charge on any atom is -0.306 e. The SMILES string of the molecule is CN(C)CC(F)(C(F)(F)F)C(F)(F)OC(F)(C(F)(F)F)C(F)(F)F. The Morgan fingerprint density at radius 1 is 0.625 bits per heavy atom. The van der Waals surface area contributed by atoms with Crippen molar-refractivity contribution in [2.75, 3.05) is 20.6 Å². The first-order chi connectivity index (χ1) is 10.1. The predicted molar refractivity (Wildman–Crippen MR) is 50.4 cm³/mol. The lowest BCUT2D eigenvalue weighted by molar-refractivity contribution is -0.507. The molecule has 0 fully saturated rings. The molecule has 0 heterocycles. The topological polar surface area (TPSA) is 12.5 Å². The van der Waals surface area contributed by atoms with Gasteiger partial charge in [0.25, 0.3) is 0 Å². The van der Waals surface area contributed by atoms with E-state index in [1.807, 2.05) is 0 Å². The summed E-state index contributed by atoms with van der Waals surface area (Å²) in [5, 5.41) is 0. The molecule has 1 atom stereocenters. The number of halogens is 13. The van der Waals surface area contributed by atoms with E-state index in [2.05, 4.69) is 0 Å². The zero-order chi connectivity index (χ0) is 20.0. The summed E-state index contributed by atoms with van der Waals surface area (Å²) in [6.07, 6.45) is -28.1. The minimum atomic E-state index is -7.26. The molecule has 1 unspecified atom stereocenters. The highest BCUT2D eigenvalue weighted by Crippen LogP contribution is 2.54. The number of hydrogen-bond donors (Lipinski definition) is 0. The van der Waals surface area contributed by atoms with Gasteiger partial charge < -0.3 is 4.90 Å². The molecule has 0 aromatic heterocycles. The fourth-order valence-corrected chi connectivity index (χ4v) is 1.32. The van der Waals surface area contributed by atoms with Crippen molar-refractivity contribution in [3.05, 3.63) is 0 Å². The molecule has 0 aliphatic carbocycles. The standard InChI is InChI=1S/C9H8F13NO/c1-23(2)3-4(10,6(12,13)14)9(21,22)24-5(11,7(15,16)17)8(18,19)20/h3H2,1-2H3. The second kappa shape index (κ2) is 6.07. The summed E-state index contributed by atoms with van der Waals surface area (Å²) in [4.78, 5) is 0.0336. The molecule has 24 heavy (non-hydrogen) atoms. The van der Waals surface area contributed by atoms with Crippen molar-refractivity contribution in [2.45, 2.75) is 36.2 Å². The van der Waals surface area contributed by atoms with Gasteiger partial charge in [0.1, 0.15) is 0 Å². The highest BCUT2D eigenvalue weighted by atomic mass is 19.4. The maximum absolute atomic E-state index is 13.7. The van der Waals surface area contributed by atoms with E-state index in [0.29, 0.717) is 14.1 Å². The molecule has 0 aromatic carbocycles. The van der Waals surface area contributed by atoms with Crippen LogP contribution in [0.1, 0.15) is 0 Å². The molecular formula is C9H8F13NO. The number of ether oxygens (including phenoxy) is 1. The van der Waals surface area contributed by atoms with E-state index in [1.165, 1.54) is 0 Å². The zero-order valence-corrected chi connectivity index (χ0v) is 11.5. The van der Waals surface area contributed by atoms with E-state index in [9.17, 15) is 57.1 Å². The highest BCUT2D eigenvalue weighted by molar-refractivity contribution is 5.00. The van der Waals surface area contributed by atoms with E-state index >= 15 is 0 Å². The van der Waals surface area contributed by atoms with Crippen LogP contribution in [0, 0.1) is 0 Å². The van der Waals surface area contributed by atoms with Crippen LogP contribution in [0.3, 0.4) is 0 Å². The fourth-order valence-electron chi connectivity index (χ4n) is 1.32. The molecule has 0 radical (unpaired) electrons. The average molecular weight is 393 g/mol. The van der Waals surface area contributed by atoms with Crippen LogP contribution in [-0.2, 0) is 4.74 Å². The van der Waals surface area contributed by atoms with Gasteiger partial charge >= 0.3 is 36.2 Å². The van der Waals surface area contributed by atoms with Gasteiger partial charge in [-0.05, 0) is 14.1 Å². The maximum atomic E-state index is 13.7. The molecule has 0 spiro atoms. The Kier molecular flexibility index (Phi) is 5.82. The van der Waals surface area contributed by atoms with E-state index in [0.717, 1.165) is 0 Å². The van der Waals surface area contributed by atoms with E-state index in [4.69, 9.17) is 0 Å². The van der Waals surface area contributed by atoms with Crippen LogP contribution in [0.25, 0.3) is 0 Å². The monoisotopic (exact) mass is 393 g/mol. The van der Waals surface area contributed by atoms with Gasteiger partial charge in [-0.15, -0.1) is 0 Å². The summed E-state index contributed by atoms with van der Waals surface area (Å²) >= 11 is 0. The Morgan fingerprint density at radius 2 is 0.958 bits per heavy atom. The quantitative estimate of drug-likeness (QED) is 0.649. The lowest BCUT2D eigenvalue weighted by atomic mass is 10.0. The van der Waals surface area contributed by atoms with Crippen LogP contribution in [-0.4, -0.2) is 61.7 Å². The number of hydrogen-bond acceptors (Lipinski definition) is 2. The van der Waals surface area contributed by atoms with Crippen molar-refractivity contribution in [1.82, 2.24) is 4.90 Å². The summed E-state index contributed by atoms with van der Waals surface area (Å²) in [5.41, 5.74) is -6.07. The number of rotatable bonds is 5. The lowest BCUT2D eigenvalue weighted by Gasteiger charge is -2.40. The van der Waals surface area contributed by atoms with Gasteiger partial charge in [-0.1, -0.05) is 0 Å². The molecular weight excluding hydrogens is 385 g/mol. The highest BCUT2D eigenvalue weighted by Gasteiger charge is 2.82. The second-order valence-electron chi connectivity index (χ2n) is 4.75. The normalized spacial score (nSPS) is 18.0. The maximum Gasteiger partial charge on any atom is 0.458 e. The summed E-state index contributed by atoms with van der Waals surface area (Å²) in [6, 6.07) is 0. The fraction of sp³-hybridized carbons (Fsp3) is 1.00. The third-order valence-electron chi connectivity index (χ3n) is 2.44. The molecule has 0 N–H and O–H groups in total. The molecule has 0 rings (SSSR count). The predicted octanol–water partition coefficient (Wildman–Crippen LogP) is 4.22. The molecule has 15 heteroatoms. The first-order valence-electron chi connectivity index (χ1n) is 5.43.